The number of piperazine rings is 1. The van der Waals surface area contributed by atoms with E-state index in [2.05, 4.69) is 0 Å². The summed E-state index contributed by atoms with van der Waals surface area (Å²) in [5, 5.41) is 0.721. The summed E-state index contributed by atoms with van der Waals surface area (Å²) >= 11 is 12.4. The first-order valence-electron chi connectivity index (χ1n) is 14.2. The fraction of sp³-hybridized carbons (Fsp3) is 0.303. The Morgan fingerprint density at radius 2 is 1.70 bits per heavy atom. The highest BCUT2D eigenvalue weighted by molar-refractivity contribution is 6.42. The van der Waals surface area contributed by atoms with E-state index >= 15 is 0 Å². The highest BCUT2D eigenvalue weighted by Crippen LogP contribution is 2.39. The summed E-state index contributed by atoms with van der Waals surface area (Å²) in [5.74, 6) is -1.59. The Kier molecular flexibility index (Phi) is 9.37. The van der Waals surface area contributed by atoms with Gasteiger partial charge in [0.25, 0.3) is 5.91 Å². The second-order valence-corrected chi connectivity index (χ2v) is 11.4. The fourth-order valence-electron chi connectivity index (χ4n) is 5.72. The van der Waals surface area contributed by atoms with E-state index in [-0.39, 0.29) is 37.2 Å². The minimum Gasteiger partial charge on any atom is -0.463 e. The maximum Gasteiger partial charge on any atom is 0.336 e. The lowest BCUT2D eigenvalue weighted by atomic mass is 9.83. The fourth-order valence-corrected chi connectivity index (χ4v) is 6.02. The van der Waals surface area contributed by atoms with Gasteiger partial charge in [0.05, 0.1) is 34.5 Å². The van der Waals surface area contributed by atoms with Gasteiger partial charge < -0.3 is 19.4 Å². The molecule has 0 saturated carbocycles. The van der Waals surface area contributed by atoms with Crippen LogP contribution in [0.1, 0.15) is 47.7 Å². The molecule has 1 saturated heterocycles. The van der Waals surface area contributed by atoms with Crippen molar-refractivity contribution in [2.24, 2.45) is 0 Å². The largest absolute Gasteiger partial charge is 0.463 e. The smallest absolute Gasteiger partial charge is 0.336 e. The van der Waals surface area contributed by atoms with Crippen molar-refractivity contribution in [3.05, 3.63) is 111 Å². The molecule has 1 fully saturated rings. The first-order valence-corrected chi connectivity index (χ1v) is 14.9. The SMILES string of the molecule is CCOC(=O)C1=C(C)N(Cc2cccc(C(=O)N3CCN(c4ccccc4F)CC3)c2)C(=O)CC1c1ccc(Cl)c(Cl)c1. The van der Waals surface area contributed by atoms with Gasteiger partial charge in [-0.2, -0.15) is 0 Å². The Labute approximate surface area is 260 Å². The number of esters is 1. The van der Waals surface area contributed by atoms with E-state index in [0.717, 1.165) is 5.56 Å². The van der Waals surface area contributed by atoms with Crippen LogP contribution in [0.3, 0.4) is 0 Å². The van der Waals surface area contributed by atoms with E-state index in [4.69, 9.17) is 27.9 Å². The number of nitrogens with zero attached hydrogens (tertiary/aromatic N) is 3. The highest BCUT2D eigenvalue weighted by atomic mass is 35.5. The zero-order valence-corrected chi connectivity index (χ0v) is 25.5. The summed E-state index contributed by atoms with van der Waals surface area (Å²) in [7, 11) is 0. The van der Waals surface area contributed by atoms with E-state index in [0.29, 0.717) is 64.3 Å². The Morgan fingerprint density at radius 3 is 2.40 bits per heavy atom. The van der Waals surface area contributed by atoms with Gasteiger partial charge >= 0.3 is 5.97 Å². The van der Waals surface area contributed by atoms with Crippen LogP contribution in [-0.4, -0.2) is 60.4 Å². The van der Waals surface area contributed by atoms with Crippen molar-refractivity contribution in [1.29, 1.82) is 0 Å². The third kappa shape index (κ3) is 6.55. The number of para-hydroxylation sites is 1. The minimum absolute atomic E-state index is 0.0500. The van der Waals surface area contributed by atoms with E-state index in [1.165, 1.54) is 6.07 Å². The number of carbonyl (C=O) groups is 3. The van der Waals surface area contributed by atoms with Crippen molar-refractivity contribution in [3.63, 3.8) is 0 Å². The second-order valence-electron chi connectivity index (χ2n) is 10.6. The molecule has 43 heavy (non-hydrogen) atoms. The molecule has 7 nitrogen and oxygen atoms in total. The molecule has 0 spiro atoms. The number of benzene rings is 3. The van der Waals surface area contributed by atoms with E-state index in [1.54, 1.807) is 78.2 Å². The van der Waals surface area contributed by atoms with Crippen LogP contribution in [0.25, 0.3) is 0 Å². The molecule has 2 aliphatic heterocycles. The van der Waals surface area contributed by atoms with Gasteiger partial charge in [0, 0.05) is 49.8 Å². The van der Waals surface area contributed by atoms with Gasteiger partial charge in [-0.3, -0.25) is 9.59 Å². The Hall–Kier alpha value is -3.88. The molecule has 3 aromatic carbocycles. The zero-order valence-electron chi connectivity index (χ0n) is 24.0. The van der Waals surface area contributed by atoms with Crippen molar-refractivity contribution < 1.29 is 23.5 Å². The number of anilines is 1. The van der Waals surface area contributed by atoms with Gasteiger partial charge in [0.2, 0.25) is 5.91 Å². The van der Waals surface area contributed by atoms with Crippen LogP contribution < -0.4 is 4.90 Å². The number of hydrogen-bond acceptors (Lipinski definition) is 5. The molecule has 5 rings (SSSR count). The molecule has 2 aliphatic rings. The molecular formula is C33H32Cl2FN3O4. The molecule has 2 heterocycles. The number of rotatable bonds is 7. The number of amides is 2. The molecule has 1 atom stereocenters. The molecule has 0 bridgehead atoms. The van der Waals surface area contributed by atoms with E-state index < -0.39 is 11.9 Å². The molecule has 2 amide bonds. The van der Waals surface area contributed by atoms with Crippen molar-refractivity contribution in [1.82, 2.24) is 9.80 Å². The van der Waals surface area contributed by atoms with Crippen molar-refractivity contribution in [3.8, 4) is 0 Å². The lowest BCUT2D eigenvalue weighted by Gasteiger charge is -2.36. The van der Waals surface area contributed by atoms with Crippen molar-refractivity contribution in [2.45, 2.75) is 32.7 Å². The average molecular weight is 625 g/mol. The number of carbonyl (C=O) groups excluding carboxylic acids is 3. The summed E-state index contributed by atoms with van der Waals surface area (Å²) in [4.78, 5) is 45.3. The number of ether oxygens (including phenoxy) is 1. The van der Waals surface area contributed by atoms with Crippen LogP contribution in [0.4, 0.5) is 10.1 Å². The maximum absolute atomic E-state index is 14.2. The van der Waals surface area contributed by atoms with Gasteiger partial charge in [-0.15, -0.1) is 0 Å². The zero-order chi connectivity index (χ0) is 30.7. The number of allylic oxidation sites excluding steroid dienone is 1. The standard InChI is InChI=1S/C33H32Cl2FN3O4/c1-3-43-33(42)31-21(2)39(30(40)19-25(31)23-11-12-26(34)27(35)18-23)20-22-7-6-8-24(17-22)32(41)38-15-13-37(14-16-38)29-10-5-4-9-28(29)36/h4-12,17-18,25H,3,13-16,19-20H2,1-2H3. The molecule has 0 N–H and O–H groups in total. The van der Waals surface area contributed by atoms with Gasteiger partial charge in [0.15, 0.2) is 0 Å². The van der Waals surface area contributed by atoms with Crippen molar-refractivity contribution >= 4 is 46.7 Å². The van der Waals surface area contributed by atoms with Crippen LogP contribution in [0.5, 0.6) is 0 Å². The average Bonchev–Trinajstić information content (AvgIpc) is 3.00. The van der Waals surface area contributed by atoms with Crippen LogP contribution in [0, 0.1) is 5.82 Å². The summed E-state index contributed by atoms with van der Waals surface area (Å²) in [5.41, 5.74) is 3.37. The molecule has 1 unspecified atom stereocenters. The number of halogens is 3. The van der Waals surface area contributed by atoms with Crippen LogP contribution in [0.2, 0.25) is 10.0 Å². The van der Waals surface area contributed by atoms with E-state index in [1.807, 2.05) is 11.0 Å². The monoisotopic (exact) mass is 623 g/mol. The molecule has 3 aromatic rings. The molecule has 10 heteroatoms. The highest BCUT2D eigenvalue weighted by Gasteiger charge is 2.37. The van der Waals surface area contributed by atoms with Crippen molar-refractivity contribution in [2.75, 3.05) is 37.7 Å². The molecular weight excluding hydrogens is 592 g/mol. The quantitative estimate of drug-likeness (QED) is 0.283. The lowest BCUT2D eigenvalue weighted by molar-refractivity contribution is -0.140. The summed E-state index contributed by atoms with van der Waals surface area (Å²) < 4.78 is 19.6. The summed E-state index contributed by atoms with van der Waals surface area (Å²) in [6.07, 6.45) is 0.0500. The predicted octanol–water partition coefficient (Wildman–Crippen LogP) is 6.45. The number of hydrogen-bond donors (Lipinski definition) is 0. The van der Waals surface area contributed by atoms with Gasteiger partial charge in [-0.1, -0.05) is 53.5 Å². The minimum atomic E-state index is -0.534. The normalized spacial score (nSPS) is 17.4. The predicted molar refractivity (Wildman–Crippen MR) is 165 cm³/mol. The van der Waals surface area contributed by atoms with Crippen LogP contribution in [0.15, 0.2) is 78.0 Å². The van der Waals surface area contributed by atoms with Gasteiger partial charge in [0.1, 0.15) is 5.82 Å². The maximum atomic E-state index is 14.2. The molecule has 0 aliphatic carbocycles. The third-order valence-corrected chi connectivity index (χ3v) is 8.68. The molecule has 224 valence electrons. The third-order valence-electron chi connectivity index (χ3n) is 7.94. The Bertz CT molecular complexity index is 1590. The van der Waals surface area contributed by atoms with Gasteiger partial charge in [-0.05, 0) is 61.4 Å². The van der Waals surface area contributed by atoms with E-state index in [9.17, 15) is 18.8 Å². The summed E-state index contributed by atoms with van der Waals surface area (Å²) in [6.45, 7) is 5.81. The first-order chi connectivity index (χ1) is 20.7. The Balaban J connectivity index is 1.34. The Morgan fingerprint density at radius 1 is 0.953 bits per heavy atom. The lowest BCUT2D eigenvalue weighted by Crippen LogP contribution is -2.49. The molecule has 0 radical (unpaired) electrons. The topological polar surface area (TPSA) is 70.2 Å². The van der Waals surface area contributed by atoms with Crippen LogP contribution in [-0.2, 0) is 20.9 Å². The molecule has 0 aromatic heterocycles. The summed E-state index contributed by atoms with van der Waals surface area (Å²) in [6, 6.07) is 18.9. The van der Waals surface area contributed by atoms with Crippen LogP contribution >= 0.6 is 23.2 Å². The van der Waals surface area contributed by atoms with Gasteiger partial charge in [-0.25, -0.2) is 9.18 Å². The first kappa shape index (κ1) is 30.6. The second kappa shape index (κ2) is 13.2.